The van der Waals surface area contributed by atoms with Crippen LogP contribution in [0.2, 0.25) is 0 Å². The summed E-state index contributed by atoms with van der Waals surface area (Å²) in [6, 6.07) is 5.51. The van der Waals surface area contributed by atoms with Gasteiger partial charge in [-0.15, -0.1) is 0 Å². The molecule has 108 valence electrons. The van der Waals surface area contributed by atoms with Crippen molar-refractivity contribution in [1.29, 1.82) is 0 Å². The molecular weight excluding hydrogens is 328 g/mol. The zero-order valence-electron chi connectivity index (χ0n) is 11.3. The molecule has 1 rings (SSSR count). The molecule has 1 heterocycles. The number of nitrogens with zero attached hydrogens (tertiary/aromatic N) is 1. The molecule has 1 N–H and O–H groups in total. The van der Waals surface area contributed by atoms with Crippen LogP contribution in [0.4, 0.5) is 0 Å². The van der Waals surface area contributed by atoms with Crippen molar-refractivity contribution in [1.82, 2.24) is 9.71 Å². The maximum atomic E-state index is 12.0. The summed E-state index contributed by atoms with van der Waals surface area (Å²) in [6.45, 7) is 4.04. The van der Waals surface area contributed by atoms with E-state index in [9.17, 15) is 8.42 Å². The number of hydrogen-bond acceptors (Lipinski definition) is 3. The summed E-state index contributed by atoms with van der Waals surface area (Å²) in [6.07, 6.45) is 2.91. The Hall–Kier alpha value is -0.460. The lowest BCUT2D eigenvalue weighted by atomic mass is 10.0. The van der Waals surface area contributed by atoms with E-state index in [1.807, 2.05) is 32.0 Å². The van der Waals surface area contributed by atoms with E-state index in [4.69, 9.17) is 0 Å². The lowest BCUT2D eigenvalue weighted by molar-refractivity contribution is 0.440. The minimum absolute atomic E-state index is 0.0203. The van der Waals surface area contributed by atoms with Crippen LogP contribution in [-0.4, -0.2) is 30.5 Å². The third-order valence-corrected chi connectivity index (χ3v) is 4.77. The van der Waals surface area contributed by atoms with Gasteiger partial charge in [-0.05, 0) is 24.5 Å². The van der Waals surface area contributed by atoms with Crippen LogP contribution in [0.3, 0.4) is 0 Å². The number of hydrogen-bond donors (Lipinski definition) is 1. The van der Waals surface area contributed by atoms with E-state index in [0.717, 1.165) is 17.4 Å². The Labute approximate surface area is 124 Å². The van der Waals surface area contributed by atoms with E-state index in [1.54, 1.807) is 6.20 Å². The molecule has 1 unspecified atom stereocenters. The molecule has 0 aliphatic carbocycles. The highest BCUT2D eigenvalue weighted by Crippen LogP contribution is 2.10. The fourth-order valence-corrected chi connectivity index (χ4v) is 3.66. The molecule has 0 spiro atoms. The Balaban J connectivity index is 2.56. The molecule has 1 aromatic heterocycles. The van der Waals surface area contributed by atoms with Crippen LogP contribution in [0.5, 0.6) is 0 Å². The number of nitrogens with one attached hydrogen (secondary N) is 1. The van der Waals surface area contributed by atoms with E-state index in [1.165, 1.54) is 0 Å². The number of rotatable bonds is 8. The number of pyridine rings is 1. The molecule has 0 fully saturated rings. The molecule has 0 bridgehead atoms. The normalized spacial score (nSPS) is 13.7. The van der Waals surface area contributed by atoms with E-state index in [0.29, 0.717) is 6.42 Å². The Morgan fingerprint density at radius 3 is 2.63 bits per heavy atom. The first kappa shape index (κ1) is 16.6. The zero-order chi connectivity index (χ0) is 14.3. The van der Waals surface area contributed by atoms with Crippen molar-refractivity contribution in [3.8, 4) is 0 Å². The lowest BCUT2D eigenvalue weighted by Crippen LogP contribution is -2.40. The molecule has 0 saturated heterocycles. The molecule has 0 saturated carbocycles. The van der Waals surface area contributed by atoms with Gasteiger partial charge in [-0.2, -0.15) is 0 Å². The molecule has 6 heteroatoms. The zero-order valence-corrected chi connectivity index (χ0v) is 13.7. The summed E-state index contributed by atoms with van der Waals surface area (Å²) in [4.78, 5) is 4.13. The van der Waals surface area contributed by atoms with Crippen LogP contribution >= 0.6 is 15.9 Å². The summed E-state index contributed by atoms with van der Waals surface area (Å²) in [5, 5.41) is 0.790. The third kappa shape index (κ3) is 6.49. The number of sulfonamides is 1. The van der Waals surface area contributed by atoms with Gasteiger partial charge in [-0.3, -0.25) is 4.98 Å². The van der Waals surface area contributed by atoms with Crippen molar-refractivity contribution in [2.75, 3.05) is 11.1 Å². The standard InChI is InChI=1S/C13H21BrN2O2S/c1-11(2)13(6-8-14)16-19(17,18)10-7-12-5-3-4-9-15-12/h3-5,9,11,13,16H,6-8,10H2,1-2H3. The highest BCUT2D eigenvalue weighted by atomic mass is 79.9. The largest absolute Gasteiger partial charge is 0.261 e. The average Bonchev–Trinajstić information content (AvgIpc) is 2.37. The second kappa shape index (κ2) is 7.97. The SMILES string of the molecule is CC(C)C(CCBr)NS(=O)(=O)CCc1ccccn1. The summed E-state index contributed by atoms with van der Waals surface area (Å²) in [5.74, 6) is 0.359. The molecule has 1 atom stereocenters. The molecule has 1 aromatic rings. The topological polar surface area (TPSA) is 59.1 Å². The predicted octanol–water partition coefficient (Wildman–Crippen LogP) is 2.35. The smallest absolute Gasteiger partial charge is 0.212 e. The number of alkyl halides is 1. The predicted molar refractivity (Wildman–Crippen MR) is 81.9 cm³/mol. The van der Waals surface area contributed by atoms with Crippen LogP contribution in [-0.2, 0) is 16.4 Å². The van der Waals surface area contributed by atoms with Crippen molar-refractivity contribution in [2.24, 2.45) is 5.92 Å². The highest BCUT2D eigenvalue weighted by molar-refractivity contribution is 9.09. The van der Waals surface area contributed by atoms with Crippen molar-refractivity contribution < 1.29 is 8.42 Å². The summed E-state index contributed by atoms with van der Waals surface area (Å²) < 4.78 is 26.9. The quantitative estimate of drug-likeness (QED) is 0.733. The van der Waals surface area contributed by atoms with Gasteiger partial charge < -0.3 is 0 Å². The van der Waals surface area contributed by atoms with Gasteiger partial charge in [0.15, 0.2) is 0 Å². The fraction of sp³-hybridized carbons (Fsp3) is 0.615. The minimum Gasteiger partial charge on any atom is -0.261 e. The molecule has 0 aromatic carbocycles. The third-order valence-electron chi connectivity index (χ3n) is 2.91. The van der Waals surface area contributed by atoms with Gasteiger partial charge in [0.1, 0.15) is 0 Å². The van der Waals surface area contributed by atoms with Crippen molar-refractivity contribution in [2.45, 2.75) is 32.7 Å². The summed E-state index contributed by atoms with van der Waals surface area (Å²) in [7, 11) is -3.26. The van der Waals surface area contributed by atoms with Crippen LogP contribution in [0.25, 0.3) is 0 Å². The molecule has 0 amide bonds. The molecule has 19 heavy (non-hydrogen) atoms. The maximum absolute atomic E-state index is 12.0. The van der Waals surface area contributed by atoms with Gasteiger partial charge in [0.25, 0.3) is 0 Å². The van der Waals surface area contributed by atoms with Gasteiger partial charge in [0.05, 0.1) is 5.75 Å². The first-order valence-corrected chi connectivity index (χ1v) is 9.18. The lowest BCUT2D eigenvalue weighted by Gasteiger charge is -2.21. The van der Waals surface area contributed by atoms with E-state index in [2.05, 4.69) is 25.6 Å². The first-order valence-electron chi connectivity index (χ1n) is 6.40. The van der Waals surface area contributed by atoms with Gasteiger partial charge in [0, 0.05) is 29.7 Å². The van der Waals surface area contributed by atoms with Gasteiger partial charge in [0.2, 0.25) is 10.0 Å². The number of aromatic nitrogens is 1. The first-order chi connectivity index (χ1) is 8.94. The van der Waals surface area contributed by atoms with E-state index < -0.39 is 10.0 Å². The Morgan fingerprint density at radius 1 is 1.37 bits per heavy atom. The van der Waals surface area contributed by atoms with Crippen molar-refractivity contribution >= 4 is 26.0 Å². The van der Waals surface area contributed by atoms with Gasteiger partial charge >= 0.3 is 0 Å². The van der Waals surface area contributed by atoms with Crippen molar-refractivity contribution in [3.63, 3.8) is 0 Å². The Morgan fingerprint density at radius 2 is 2.11 bits per heavy atom. The molecule has 4 nitrogen and oxygen atoms in total. The summed E-state index contributed by atoms with van der Waals surface area (Å²) >= 11 is 3.36. The second-order valence-electron chi connectivity index (χ2n) is 4.84. The molecular formula is C13H21BrN2O2S. The average molecular weight is 349 g/mol. The fourth-order valence-electron chi connectivity index (χ4n) is 1.72. The van der Waals surface area contributed by atoms with Gasteiger partial charge in [-0.1, -0.05) is 35.8 Å². The molecule has 0 aliphatic heterocycles. The number of aryl methyl sites for hydroxylation is 1. The number of halogens is 1. The van der Waals surface area contributed by atoms with E-state index >= 15 is 0 Å². The van der Waals surface area contributed by atoms with Crippen molar-refractivity contribution in [3.05, 3.63) is 30.1 Å². The van der Waals surface area contributed by atoms with Crippen LogP contribution < -0.4 is 4.72 Å². The highest BCUT2D eigenvalue weighted by Gasteiger charge is 2.20. The summed E-state index contributed by atoms with van der Waals surface area (Å²) in [5.41, 5.74) is 0.800. The van der Waals surface area contributed by atoms with Crippen LogP contribution in [0, 0.1) is 5.92 Å². The van der Waals surface area contributed by atoms with Crippen LogP contribution in [0.1, 0.15) is 26.0 Å². The Kier molecular flexibility index (Phi) is 6.96. The molecule has 0 radical (unpaired) electrons. The second-order valence-corrected chi connectivity index (χ2v) is 7.50. The molecule has 0 aliphatic rings. The van der Waals surface area contributed by atoms with Gasteiger partial charge in [-0.25, -0.2) is 13.1 Å². The monoisotopic (exact) mass is 348 g/mol. The van der Waals surface area contributed by atoms with Crippen LogP contribution in [0.15, 0.2) is 24.4 Å². The Bertz CT molecular complexity index is 463. The maximum Gasteiger partial charge on any atom is 0.212 e. The minimum atomic E-state index is -3.26. The van der Waals surface area contributed by atoms with E-state index in [-0.39, 0.29) is 17.7 Å².